The van der Waals surface area contributed by atoms with Gasteiger partial charge in [0.1, 0.15) is 0 Å². The van der Waals surface area contributed by atoms with Crippen LogP contribution in [-0.4, -0.2) is 0 Å². The summed E-state index contributed by atoms with van der Waals surface area (Å²) >= 11 is 0. The highest BCUT2D eigenvalue weighted by Crippen LogP contribution is 2.42. The summed E-state index contributed by atoms with van der Waals surface area (Å²) < 4.78 is 0. The van der Waals surface area contributed by atoms with E-state index < -0.39 is 0 Å². The van der Waals surface area contributed by atoms with Gasteiger partial charge in [-0.3, -0.25) is 0 Å². The molecule has 49 heavy (non-hydrogen) atoms. The van der Waals surface area contributed by atoms with E-state index in [1.807, 2.05) is 0 Å². The van der Waals surface area contributed by atoms with Crippen LogP contribution in [0.2, 0.25) is 0 Å². The van der Waals surface area contributed by atoms with Crippen molar-refractivity contribution in [1.29, 1.82) is 0 Å². The first-order valence-corrected chi connectivity index (χ1v) is 16.9. The minimum Gasteiger partial charge on any atom is -0.310 e. The van der Waals surface area contributed by atoms with E-state index in [1.165, 1.54) is 65.7 Å². The van der Waals surface area contributed by atoms with Gasteiger partial charge >= 0.3 is 0 Å². The summed E-state index contributed by atoms with van der Waals surface area (Å²) in [7, 11) is 0. The van der Waals surface area contributed by atoms with Gasteiger partial charge in [-0.15, -0.1) is 0 Å². The van der Waals surface area contributed by atoms with Crippen molar-refractivity contribution in [3.8, 4) is 33.4 Å². The quantitative estimate of drug-likeness (QED) is 0.167. The van der Waals surface area contributed by atoms with Gasteiger partial charge in [0.05, 0.1) is 0 Å². The predicted octanol–water partition coefficient (Wildman–Crippen LogP) is 13.6. The van der Waals surface area contributed by atoms with E-state index in [0.717, 1.165) is 17.1 Å². The first kappa shape index (κ1) is 28.8. The largest absolute Gasteiger partial charge is 0.310 e. The van der Waals surface area contributed by atoms with E-state index in [2.05, 4.69) is 205 Å². The number of rotatable bonds is 6. The van der Waals surface area contributed by atoms with Gasteiger partial charge in [0.15, 0.2) is 0 Å². The summed E-state index contributed by atoms with van der Waals surface area (Å²) in [6.45, 7) is 0. The number of anilines is 3. The van der Waals surface area contributed by atoms with Gasteiger partial charge in [0.25, 0.3) is 0 Å². The second-order valence-electron chi connectivity index (χ2n) is 12.5. The molecule has 9 aromatic carbocycles. The Morgan fingerprint density at radius 2 is 0.673 bits per heavy atom. The van der Waals surface area contributed by atoms with Crippen LogP contribution in [0.3, 0.4) is 0 Å². The lowest BCUT2D eigenvalue weighted by Crippen LogP contribution is -2.09. The van der Waals surface area contributed by atoms with Crippen molar-refractivity contribution < 1.29 is 0 Å². The van der Waals surface area contributed by atoms with Crippen molar-refractivity contribution in [1.82, 2.24) is 0 Å². The highest BCUT2D eigenvalue weighted by molar-refractivity contribution is 6.28. The third-order valence-corrected chi connectivity index (χ3v) is 9.63. The van der Waals surface area contributed by atoms with E-state index >= 15 is 0 Å². The SMILES string of the molecule is c1ccc(-c2ccc(N(c3ccccc3)c3cccc(-c4cccc(-c5cccc6c7ccccc7c7ccccc7c56)c4)c3)cc2)cc1. The van der Waals surface area contributed by atoms with Gasteiger partial charge < -0.3 is 4.90 Å². The zero-order chi connectivity index (χ0) is 32.6. The molecule has 0 atom stereocenters. The zero-order valence-electron chi connectivity index (χ0n) is 27.0. The van der Waals surface area contributed by atoms with Gasteiger partial charge in [0, 0.05) is 17.1 Å². The van der Waals surface area contributed by atoms with Crippen molar-refractivity contribution in [2.75, 3.05) is 4.90 Å². The van der Waals surface area contributed by atoms with Crippen LogP contribution in [-0.2, 0) is 0 Å². The first-order valence-electron chi connectivity index (χ1n) is 16.9. The van der Waals surface area contributed by atoms with Crippen LogP contribution in [0.5, 0.6) is 0 Å². The summed E-state index contributed by atoms with van der Waals surface area (Å²) in [6, 6.07) is 72.3. The van der Waals surface area contributed by atoms with Gasteiger partial charge in [0.2, 0.25) is 0 Å². The Kier molecular flexibility index (Phi) is 7.22. The minimum absolute atomic E-state index is 1.11. The van der Waals surface area contributed by atoms with Crippen molar-refractivity contribution >= 4 is 49.4 Å². The van der Waals surface area contributed by atoms with E-state index in [-0.39, 0.29) is 0 Å². The van der Waals surface area contributed by atoms with Crippen LogP contribution in [0.25, 0.3) is 65.7 Å². The molecule has 0 saturated carbocycles. The molecular weight excluding hydrogens is 591 g/mol. The molecule has 0 fully saturated rings. The summed E-state index contributed by atoms with van der Waals surface area (Å²) in [6.07, 6.45) is 0. The number of fused-ring (bicyclic) bond motifs is 6. The standard InChI is InChI=1S/C48H33N/c1-3-14-34(15-4-1)35-28-30-40(31-29-35)49(39-19-5-2-6-20-39)41-21-12-17-37(33-41)36-16-11-18-38(32-36)42-26-13-27-47-45-23-8-7-22-43(45)44-24-9-10-25-46(44)48(42)47/h1-33H. The lowest BCUT2D eigenvalue weighted by atomic mass is 9.89. The topological polar surface area (TPSA) is 3.24 Å². The van der Waals surface area contributed by atoms with E-state index in [4.69, 9.17) is 0 Å². The molecule has 230 valence electrons. The normalized spacial score (nSPS) is 11.3. The van der Waals surface area contributed by atoms with Crippen molar-refractivity contribution in [3.05, 3.63) is 200 Å². The van der Waals surface area contributed by atoms with Crippen molar-refractivity contribution in [3.63, 3.8) is 0 Å². The van der Waals surface area contributed by atoms with Crippen LogP contribution in [0.1, 0.15) is 0 Å². The molecule has 0 spiro atoms. The zero-order valence-corrected chi connectivity index (χ0v) is 27.0. The maximum atomic E-state index is 2.35. The molecule has 0 aliphatic carbocycles. The smallest absolute Gasteiger partial charge is 0.0467 e. The Balaban J connectivity index is 1.15. The van der Waals surface area contributed by atoms with Crippen LogP contribution < -0.4 is 4.90 Å². The number of nitrogens with zero attached hydrogens (tertiary/aromatic N) is 1. The molecule has 0 amide bonds. The Labute approximate surface area is 287 Å². The maximum Gasteiger partial charge on any atom is 0.0467 e. The Hall–Kier alpha value is -6.44. The lowest BCUT2D eigenvalue weighted by molar-refractivity contribution is 1.28. The molecule has 0 bridgehead atoms. The van der Waals surface area contributed by atoms with Crippen molar-refractivity contribution in [2.45, 2.75) is 0 Å². The molecule has 9 aromatic rings. The molecule has 0 aromatic heterocycles. The van der Waals surface area contributed by atoms with Crippen LogP contribution in [0.15, 0.2) is 200 Å². The molecule has 0 aliphatic heterocycles. The summed E-state index contributed by atoms with van der Waals surface area (Å²) in [5, 5.41) is 7.76. The molecule has 0 saturated heterocycles. The minimum atomic E-state index is 1.11. The summed E-state index contributed by atoms with van der Waals surface area (Å²) in [4.78, 5) is 2.34. The molecule has 0 radical (unpaired) electrons. The number of hydrogen-bond donors (Lipinski definition) is 0. The van der Waals surface area contributed by atoms with E-state index in [1.54, 1.807) is 0 Å². The van der Waals surface area contributed by atoms with Gasteiger partial charge in [-0.25, -0.2) is 0 Å². The van der Waals surface area contributed by atoms with Gasteiger partial charge in [-0.05, 0) is 108 Å². The molecule has 0 unspecified atom stereocenters. The number of hydrogen-bond acceptors (Lipinski definition) is 1. The highest BCUT2D eigenvalue weighted by Gasteiger charge is 2.16. The fourth-order valence-corrected chi connectivity index (χ4v) is 7.35. The van der Waals surface area contributed by atoms with Crippen LogP contribution in [0, 0.1) is 0 Å². The average molecular weight is 624 g/mol. The Bertz CT molecular complexity index is 2540. The highest BCUT2D eigenvalue weighted by atomic mass is 15.1. The molecule has 0 aliphatic rings. The third-order valence-electron chi connectivity index (χ3n) is 9.63. The Morgan fingerprint density at radius 3 is 1.37 bits per heavy atom. The van der Waals surface area contributed by atoms with Gasteiger partial charge in [-0.1, -0.05) is 158 Å². The Morgan fingerprint density at radius 1 is 0.245 bits per heavy atom. The summed E-state index contributed by atoms with van der Waals surface area (Å²) in [5.41, 5.74) is 10.6. The van der Waals surface area contributed by atoms with Crippen LogP contribution in [0.4, 0.5) is 17.1 Å². The molecule has 1 nitrogen and oxygen atoms in total. The number of para-hydroxylation sites is 1. The second kappa shape index (κ2) is 12.3. The predicted molar refractivity (Wildman–Crippen MR) is 210 cm³/mol. The van der Waals surface area contributed by atoms with Crippen LogP contribution >= 0.6 is 0 Å². The average Bonchev–Trinajstić information content (AvgIpc) is 3.19. The summed E-state index contributed by atoms with van der Waals surface area (Å²) in [5.74, 6) is 0. The monoisotopic (exact) mass is 623 g/mol. The second-order valence-corrected chi connectivity index (χ2v) is 12.5. The van der Waals surface area contributed by atoms with E-state index in [0.29, 0.717) is 0 Å². The molecular formula is C48H33N. The van der Waals surface area contributed by atoms with Gasteiger partial charge in [-0.2, -0.15) is 0 Å². The third kappa shape index (κ3) is 5.23. The number of benzene rings is 9. The molecule has 0 heterocycles. The fourth-order valence-electron chi connectivity index (χ4n) is 7.35. The fraction of sp³-hybridized carbons (Fsp3) is 0. The van der Waals surface area contributed by atoms with Crippen molar-refractivity contribution in [2.24, 2.45) is 0 Å². The molecule has 9 rings (SSSR count). The van der Waals surface area contributed by atoms with E-state index in [9.17, 15) is 0 Å². The molecule has 0 N–H and O–H groups in total. The molecule has 1 heteroatoms. The maximum absolute atomic E-state index is 2.35. The lowest BCUT2D eigenvalue weighted by Gasteiger charge is -2.26. The first-order chi connectivity index (χ1) is 24.3.